The van der Waals surface area contributed by atoms with E-state index >= 15 is 0 Å². The van der Waals surface area contributed by atoms with Gasteiger partial charge in [0, 0.05) is 12.1 Å². The van der Waals surface area contributed by atoms with Crippen molar-refractivity contribution in [3.05, 3.63) is 34.4 Å². The van der Waals surface area contributed by atoms with Crippen LogP contribution in [-0.4, -0.2) is 20.1 Å². The molecule has 0 aromatic heterocycles. The molecular weight excluding hydrogens is 274 g/mol. The van der Waals surface area contributed by atoms with Gasteiger partial charge in [-0.05, 0) is 48.2 Å². The summed E-state index contributed by atoms with van der Waals surface area (Å²) in [7, 11) is 0. The van der Waals surface area contributed by atoms with Crippen molar-refractivity contribution in [3.63, 3.8) is 0 Å². The number of halogens is 1. The van der Waals surface area contributed by atoms with Crippen molar-refractivity contribution in [2.45, 2.75) is 0 Å². The van der Waals surface area contributed by atoms with Gasteiger partial charge in [-0.2, -0.15) is 0 Å². The molecule has 1 N–H and O–H groups in total. The summed E-state index contributed by atoms with van der Waals surface area (Å²) >= 11 is 13.6. The number of nitro groups is 1. The normalized spacial score (nSPS) is 8.31. The van der Waals surface area contributed by atoms with Crippen LogP contribution in [0.1, 0.15) is 0 Å². The highest BCUT2D eigenvalue weighted by molar-refractivity contribution is 7.82. The number of rotatable bonds is 2. The molecule has 8 heteroatoms. The van der Waals surface area contributed by atoms with Crippen molar-refractivity contribution in [2.75, 3.05) is 0 Å². The zero-order valence-electron chi connectivity index (χ0n) is 7.70. The molecule has 0 amide bonds. The van der Waals surface area contributed by atoms with Gasteiger partial charge in [-0.1, -0.05) is 0 Å². The molecule has 0 unspecified atom stereocenters. The SMILES string of the molecule is O=[N+]([O-])c1ccc(OC(=S)Cl)cc1.OC=S. The molecule has 0 fully saturated rings. The number of nitro benzene ring substituents is 1. The Kier molecular flexibility index (Phi) is 7.27. The lowest BCUT2D eigenvalue weighted by molar-refractivity contribution is -0.384. The first-order chi connectivity index (χ1) is 7.51. The van der Waals surface area contributed by atoms with E-state index in [4.69, 9.17) is 21.4 Å². The molecule has 0 spiro atoms. The summed E-state index contributed by atoms with van der Waals surface area (Å²) in [6, 6.07) is 5.47. The molecule has 0 radical (unpaired) electrons. The van der Waals surface area contributed by atoms with Gasteiger partial charge in [0.05, 0.1) is 4.92 Å². The topological polar surface area (TPSA) is 72.6 Å². The highest BCUT2D eigenvalue weighted by Gasteiger charge is 2.04. The summed E-state index contributed by atoms with van der Waals surface area (Å²) in [5, 5.41) is 17.5. The Morgan fingerprint density at radius 3 is 2.25 bits per heavy atom. The van der Waals surface area contributed by atoms with Crippen LogP contribution in [0.25, 0.3) is 0 Å². The molecule has 0 aliphatic rings. The van der Waals surface area contributed by atoms with E-state index in [1.807, 2.05) is 0 Å². The van der Waals surface area contributed by atoms with E-state index in [0.29, 0.717) is 11.3 Å². The monoisotopic (exact) mass is 279 g/mol. The van der Waals surface area contributed by atoms with Crippen molar-refractivity contribution >= 4 is 51.8 Å². The molecule has 0 aliphatic heterocycles. The largest absolute Gasteiger partial charge is 0.504 e. The van der Waals surface area contributed by atoms with Gasteiger partial charge in [0.1, 0.15) is 11.3 Å². The molecule has 16 heavy (non-hydrogen) atoms. The van der Waals surface area contributed by atoms with Crippen LogP contribution in [0.2, 0.25) is 0 Å². The zero-order chi connectivity index (χ0) is 12.6. The molecule has 86 valence electrons. The Morgan fingerprint density at radius 1 is 1.50 bits per heavy atom. The van der Waals surface area contributed by atoms with Crippen LogP contribution in [0.15, 0.2) is 24.3 Å². The van der Waals surface area contributed by atoms with Crippen molar-refractivity contribution in [2.24, 2.45) is 0 Å². The molecular formula is C8H6ClNO4S2. The lowest BCUT2D eigenvalue weighted by atomic mass is 10.3. The second kappa shape index (κ2) is 7.91. The quantitative estimate of drug-likeness (QED) is 0.388. The van der Waals surface area contributed by atoms with Crippen molar-refractivity contribution in [1.29, 1.82) is 0 Å². The fourth-order valence-corrected chi connectivity index (χ4v) is 0.914. The summed E-state index contributed by atoms with van der Waals surface area (Å²) < 4.78 is 4.68. The van der Waals surface area contributed by atoms with Crippen molar-refractivity contribution < 1.29 is 14.8 Å². The Morgan fingerprint density at radius 2 is 1.94 bits per heavy atom. The second-order valence-electron chi connectivity index (χ2n) is 2.20. The van der Waals surface area contributed by atoms with Crippen LogP contribution in [0.5, 0.6) is 5.75 Å². The van der Waals surface area contributed by atoms with Gasteiger partial charge in [-0.3, -0.25) is 10.1 Å². The Balaban J connectivity index is 0.000000673. The number of thiocarbonyl (C=S) groups is 2. The maximum Gasteiger partial charge on any atom is 0.269 e. The number of nitrogens with zero attached hydrogens (tertiary/aromatic N) is 1. The molecule has 0 bridgehead atoms. The number of aliphatic hydroxyl groups excluding tert-OH is 1. The van der Waals surface area contributed by atoms with Gasteiger partial charge < -0.3 is 9.84 Å². The van der Waals surface area contributed by atoms with E-state index in [-0.39, 0.29) is 10.2 Å². The maximum absolute atomic E-state index is 10.2. The van der Waals surface area contributed by atoms with Gasteiger partial charge in [0.2, 0.25) is 0 Å². The van der Waals surface area contributed by atoms with Crippen molar-refractivity contribution in [3.8, 4) is 5.75 Å². The number of hydrogen-bond donors (Lipinski definition) is 1. The van der Waals surface area contributed by atoms with E-state index < -0.39 is 4.92 Å². The summed E-state index contributed by atoms with van der Waals surface area (Å²) in [5.74, 6) is 0.380. The minimum Gasteiger partial charge on any atom is -0.504 e. The predicted molar refractivity (Wildman–Crippen MR) is 68.5 cm³/mol. The molecule has 0 atom stereocenters. The average Bonchev–Trinajstić information content (AvgIpc) is 2.18. The van der Waals surface area contributed by atoms with E-state index in [2.05, 4.69) is 24.4 Å². The minimum absolute atomic E-state index is 0.00663. The summed E-state index contributed by atoms with van der Waals surface area (Å²) in [6.45, 7) is 0. The Hall–Kier alpha value is -1.31. The van der Waals surface area contributed by atoms with Gasteiger partial charge in [-0.25, -0.2) is 0 Å². The fourth-order valence-electron chi connectivity index (χ4n) is 0.729. The van der Waals surface area contributed by atoms with Crippen LogP contribution in [0.3, 0.4) is 0 Å². The first-order valence-electron chi connectivity index (χ1n) is 3.71. The second-order valence-corrected chi connectivity index (χ2v) is 3.35. The highest BCUT2D eigenvalue weighted by atomic mass is 35.5. The molecule has 5 nitrogen and oxygen atoms in total. The number of benzene rings is 1. The lowest BCUT2D eigenvalue weighted by Gasteiger charge is -1.99. The van der Waals surface area contributed by atoms with Crippen LogP contribution in [-0.2, 0) is 0 Å². The van der Waals surface area contributed by atoms with Gasteiger partial charge in [-0.15, -0.1) is 0 Å². The van der Waals surface area contributed by atoms with E-state index in [9.17, 15) is 10.1 Å². The fraction of sp³-hybridized carbons (Fsp3) is 0. The highest BCUT2D eigenvalue weighted by Crippen LogP contribution is 2.17. The van der Waals surface area contributed by atoms with E-state index in [1.165, 1.54) is 24.3 Å². The first-order valence-corrected chi connectivity index (χ1v) is 4.96. The van der Waals surface area contributed by atoms with Gasteiger partial charge in [0.15, 0.2) is 0 Å². The van der Waals surface area contributed by atoms with E-state index in [1.54, 1.807) is 0 Å². The van der Waals surface area contributed by atoms with Gasteiger partial charge >= 0.3 is 0 Å². The standard InChI is InChI=1S/C7H4ClNO3S.CH2OS/c8-7(13)12-6-3-1-5(2-4-6)9(10)11;2-1-3/h1-4H;1H,(H,2,3). The lowest BCUT2D eigenvalue weighted by Crippen LogP contribution is -1.95. The molecule has 0 aliphatic carbocycles. The zero-order valence-corrected chi connectivity index (χ0v) is 10.1. The molecule has 0 saturated heterocycles. The Bertz CT molecular complexity index is 382. The number of non-ortho nitro benzene ring substituents is 1. The van der Waals surface area contributed by atoms with Crippen LogP contribution < -0.4 is 4.74 Å². The average molecular weight is 280 g/mol. The summed E-state index contributed by atoms with van der Waals surface area (Å²) in [6.07, 6.45) is 0. The maximum atomic E-state index is 10.2. The third kappa shape index (κ3) is 6.23. The predicted octanol–water partition coefficient (Wildman–Crippen LogP) is 3.00. The third-order valence-corrected chi connectivity index (χ3v) is 1.41. The molecule has 0 heterocycles. The third-order valence-electron chi connectivity index (χ3n) is 1.25. The Labute approximate surface area is 107 Å². The summed E-state index contributed by atoms with van der Waals surface area (Å²) in [5.41, 5.74) is 0.577. The van der Waals surface area contributed by atoms with Crippen LogP contribution >= 0.6 is 36.0 Å². The molecule has 1 rings (SSSR count). The molecule has 1 aromatic rings. The molecule has 1 aromatic carbocycles. The van der Waals surface area contributed by atoms with Crippen LogP contribution in [0.4, 0.5) is 5.69 Å². The number of aliphatic hydroxyl groups is 1. The van der Waals surface area contributed by atoms with Gasteiger partial charge in [0.25, 0.3) is 10.2 Å². The summed E-state index contributed by atoms with van der Waals surface area (Å²) in [4.78, 5) is 9.75. The smallest absolute Gasteiger partial charge is 0.269 e. The number of hydrogen-bond acceptors (Lipinski definition) is 5. The minimum atomic E-state index is -0.497. The van der Waals surface area contributed by atoms with Crippen molar-refractivity contribution in [1.82, 2.24) is 0 Å². The van der Waals surface area contributed by atoms with Crippen LogP contribution in [0, 0.1) is 10.1 Å². The first kappa shape index (κ1) is 14.7. The number of ether oxygens (including phenoxy) is 1. The molecule has 0 saturated carbocycles. The van der Waals surface area contributed by atoms with E-state index in [0.717, 1.165) is 0 Å².